The number of amides is 3. The highest BCUT2D eigenvalue weighted by atomic mass is 19.1. The van der Waals surface area contributed by atoms with Crippen molar-refractivity contribution in [2.75, 3.05) is 33.4 Å². The molecule has 3 fully saturated rings. The topological polar surface area (TPSA) is 76.2 Å². The third-order valence-electron chi connectivity index (χ3n) is 6.92. The number of hydrogen-bond acceptors (Lipinski definition) is 5. The Bertz CT molecular complexity index is 866. The van der Waals surface area contributed by atoms with Gasteiger partial charge in [0.15, 0.2) is 0 Å². The molecule has 2 unspecified atom stereocenters. The van der Waals surface area contributed by atoms with Gasteiger partial charge in [-0.05, 0) is 18.9 Å². The fourth-order valence-electron chi connectivity index (χ4n) is 5.21. The van der Waals surface area contributed by atoms with Gasteiger partial charge < -0.3 is 14.4 Å². The Morgan fingerprint density at radius 2 is 1.94 bits per heavy atom. The maximum Gasteiger partial charge on any atom is 0.241 e. The number of ether oxygens (including phenoxy) is 2. The van der Waals surface area contributed by atoms with E-state index in [1.807, 2.05) is 0 Å². The van der Waals surface area contributed by atoms with Crippen LogP contribution in [0.3, 0.4) is 0 Å². The van der Waals surface area contributed by atoms with E-state index >= 15 is 0 Å². The smallest absolute Gasteiger partial charge is 0.241 e. The van der Waals surface area contributed by atoms with Gasteiger partial charge in [0, 0.05) is 38.0 Å². The van der Waals surface area contributed by atoms with Gasteiger partial charge >= 0.3 is 0 Å². The summed E-state index contributed by atoms with van der Waals surface area (Å²) in [4.78, 5) is 42.9. The summed E-state index contributed by atoms with van der Waals surface area (Å²) < 4.78 is 26.0. The van der Waals surface area contributed by atoms with Crippen LogP contribution in [0.5, 0.6) is 0 Å². The molecule has 32 heavy (non-hydrogen) atoms. The molecule has 7 nitrogen and oxygen atoms in total. The minimum absolute atomic E-state index is 0.121. The highest BCUT2D eigenvalue weighted by molar-refractivity contribution is 6.11. The first kappa shape index (κ1) is 22.9. The molecule has 4 rings (SSSR count). The first-order chi connectivity index (χ1) is 15.4. The van der Waals surface area contributed by atoms with Crippen LogP contribution in [-0.4, -0.2) is 73.1 Å². The summed E-state index contributed by atoms with van der Waals surface area (Å²) in [7, 11) is 1.63. The van der Waals surface area contributed by atoms with Crippen molar-refractivity contribution in [3.63, 3.8) is 0 Å². The maximum absolute atomic E-state index is 14.9. The van der Waals surface area contributed by atoms with E-state index < -0.39 is 17.1 Å². The number of carbonyl (C=O) groups excluding carboxylic acids is 3. The van der Waals surface area contributed by atoms with Crippen molar-refractivity contribution in [1.82, 2.24) is 9.80 Å². The van der Waals surface area contributed by atoms with Gasteiger partial charge in [0.2, 0.25) is 17.7 Å². The largest absolute Gasteiger partial charge is 0.376 e. The van der Waals surface area contributed by atoms with Gasteiger partial charge in [-0.15, -0.1) is 0 Å². The zero-order valence-electron chi connectivity index (χ0n) is 18.6. The van der Waals surface area contributed by atoms with Crippen LogP contribution in [0.25, 0.3) is 0 Å². The molecule has 2 saturated heterocycles. The van der Waals surface area contributed by atoms with Crippen LogP contribution in [0.1, 0.15) is 50.5 Å². The Morgan fingerprint density at radius 1 is 1.19 bits per heavy atom. The third-order valence-corrected chi connectivity index (χ3v) is 6.92. The molecule has 1 aliphatic carbocycles. The van der Waals surface area contributed by atoms with Gasteiger partial charge in [-0.2, -0.15) is 0 Å². The van der Waals surface area contributed by atoms with E-state index in [9.17, 15) is 18.8 Å². The van der Waals surface area contributed by atoms with Crippen LogP contribution in [0.4, 0.5) is 4.39 Å². The fourth-order valence-corrected chi connectivity index (χ4v) is 5.21. The number of rotatable bonds is 6. The van der Waals surface area contributed by atoms with Crippen molar-refractivity contribution in [2.45, 2.75) is 62.5 Å². The van der Waals surface area contributed by atoms with Crippen molar-refractivity contribution in [3.05, 3.63) is 35.6 Å². The van der Waals surface area contributed by atoms with Crippen LogP contribution < -0.4 is 0 Å². The fraction of sp³-hybridized carbons (Fsp3) is 0.625. The Hall–Kier alpha value is -2.32. The van der Waals surface area contributed by atoms with Gasteiger partial charge in [0.05, 0.1) is 31.3 Å². The average molecular weight is 447 g/mol. The molecule has 0 bridgehead atoms. The van der Waals surface area contributed by atoms with Gasteiger partial charge in [0.25, 0.3) is 0 Å². The first-order valence-electron chi connectivity index (χ1n) is 11.5. The van der Waals surface area contributed by atoms with Crippen LogP contribution >= 0.6 is 0 Å². The first-order valence-corrected chi connectivity index (χ1v) is 11.5. The summed E-state index contributed by atoms with van der Waals surface area (Å²) in [6.45, 7) is 1.69. The Kier molecular flexibility index (Phi) is 6.90. The summed E-state index contributed by atoms with van der Waals surface area (Å²) in [5.41, 5.74) is -1.40. The predicted molar refractivity (Wildman–Crippen MR) is 114 cm³/mol. The molecule has 3 amide bonds. The quantitative estimate of drug-likeness (QED) is 0.628. The molecule has 1 aromatic carbocycles. The van der Waals surface area contributed by atoms with E-state index in [1.54, 1.807) is 19.2 Å². The van der Waals surface area contributed by atoms with Crippen molar-refractivity contribution < 1.29 is 28.2 Å². The summed E-state index contributed by atoms with van der Waals surface area (Å²) >= 11 is 0. The van der Waals surface area contributed by atoms with E-state index in [4.69, 9.17) is 9.47 Å². The molecule has 1 saturated carbocycles. The van der Waals surface area contributed by atoms with Crippen molar-refractivity contribution in [3.8, 4) is 0 Å². The van der Waals surface area contributed by atoms with E-state index in [-0.39, 0.29) is 42.4 Å². The Labute approximate surface area is 187 Å². The average Bonchev–Trinajstić information content (AvgIpc) is 3.05. The van der Waals surface area contributed by atoms with E-state index in [1.165, 1.54) is 21.9 Å². The third kappa shape index (κ3) is 4.43. The lowest BCUT2D eigenvalue weighted by Crippen LogP contribution is -2.48. The number of carbonyl (C=O) groups is 3. The highest BCUT2D eigenvalue weighted by Gasteiger charge is 2.56. The Morgan fingerprint density at radius 3 is 2.62 bits per heavy atom. The minimum Gasteiger partial charge on any atom is -0.376 e. The molecule has 1 aromatic rings. The molecule has 0 N–H and O–H groups in total. The summed E-state index contributed by atoms with van der Waals surface area (Å²) in [5.74, 6) is -1.66. The molecule has 0 aromatic heterocycles. The number of imide groups is 1. The second kappa shape index (κ2) is 9.67. The van der Waals surface area contributed by atoms with Crippen LogP contribution in [0.15, 0.2) is 24.3 Å². The van der Waals surface area contributed by atoms with Gasteiger partial charge in [-0.1, -0.05) is 37.5 Å². The summed E-state index contributed by atoms with van der Waals surface area (Å²) in [5, 5.41) is 0. The van der Waals surface area contributed by atoms with Gasteiger partial charge in [-0.3, -0.25) is 19.3 Å². The molecule has 174 valence electrons. The molecule has 2 atom stereocenters. The van der Waals surface area contributed by atoms with Crippen LogP contribution in [0.2, 0.25) is 0 Å². The van der Waals surface area contributed by atoms with E-state index in [0.29, 0.717) is 26.4 Å². The number of likely N-dealkylation sites (tertiary alicyclic amines) is 1. The predicted octanol–water partition coefficient (Wildman–Crippen LogP) is 2.42. The lowest BCUT2D eigenvalue weighted by atomic mass is 9.75. The molecule has 2 aliphatic heterocycles. The number of likely N-dealkylation sites (N-methyl/N-ethyl adjacent to an activating group) is 1. The molecule has 3 aliphatic rings. The van der Waals surface area contributed by atoms with E-state index in [2.05, 4.69) is 0 Å². The SMILES string of the molecule is CN(CC1COCCO1)C(=O)CC1(c2ccccc2F)CC(=O)N(C2CCCCC2)C1=O. The summed E-state index contributed by atoms with van der Waals surface area (Å²) in [6.07, 6.45) is 3.83. The molecule has 2 heterocycles. The Balaban J connectivity index is 1.60. The van der Waals surface area contributed by atoms with E-state index in [0.717, 1.165) is 32.1 Å². The highest BCUT2D eigenvalue weighted by Crippen LogP contribution is 2.43. The monoisotopic (exact) mass is 446 g/mol. The maximum atomic E-state index is 14.9. The number of halogens is 1. The number of hydrogen-bond donors (Lipinski definition) is 0. The molecular formula is C24H31FN2O5. The lowest BCUT2D eigenvalue weighted by Gasteiger charge is -2.34. The van der Waals surface area contributed by atoms with Crippen LogP contribution in [-0.2, 0) is 29.3 Å². The standard InChI is InChI=1S/C24H31FN2O5/c1-26(15-18-16-31-11-12-32-18)21(28)13-24(19-9-5-6-10-20(19)25)14-22(29)27(23(24)30)17-7-3-2-4-8-17/h5-6,9-10,17-18H,2-4,7-8,11-16H2,1H3. The minimum atomic E-state index is -1.52. The summed E-state index contributed by atoms with van der Waals surface area (Å²) in [6, 6.07) is 5.82. The number of benzene rings is 1. The molecule has 0 radical (unpaired) electrons. The second-order valence-corrected chi connectivity index (χ2v) is 9.12. The van der Waals surface area contributed by atoms with Crippen LogP contribution in [0, 0.1) is 5.82 Å². The zero-order valence-corrected chi connectivity index (χ0v) is 18.6. The zero-order chi connectivity index (χ0) is 22.7. The van der Waals surface area contributed by atoms with Crippen molar-refractivity contribution >= 4 is 17.7 Å². The molecule has 0 spiro atoms. The normalized spacial score (nSPS) is 27.1. The van der Waals surface area contributed by atoms with Crippen molar-refractivity contribution in [1.29, 1.82) is 0 Å². The number of nitrogens with zero attached hydrogens (tertiary/aromatic N) is 2. The molecular weight excluding hydrogens is 415 g/mol. The van der Waals surface area contributed by atoms with Gasteiger partial charge in [0.1, 0.15) is 5.82 Å². The molecule has 8 heteroatoms. The lowest BCUT2D eigenvalue weighted by molar-refractivity contribution is -0.146. The second-order valence-electron chi connectivity index (χ2n) is 9.12. The van der Waals surface area contributed by atoms with Gasteiger partial charge in [-0.25, -0.2) is 4.39 Å². The van der Waals surface area contributed by atoms with Crippen molar-refractivity contribution in [2.24, 2.45) is 0 Å².